The normalized spacial score (nSPS) is 15.2. The predicted molar refractivity (Wildman–Crippen MR) is 105 cm³/mol. The first kappa shape index (κ1) is 16.7. The Bertz CT molecular complexity index is 864. The highest BCUT2D eigenvalue weighted by Gasteiger charge is 2.14. The fraction of sp³-hybridized carbons (Fsp3) is 0.286. The third-order valence-electron chi connectivity index (χ3n) is 4.97. The Hall–Kier alpha value is -2.79. The molecule has 3 aromatic rings. The van der Waals surface area contributed by atoms with Crippen LogP contribution in [0.5, 0.6) is 5.75 Å². The first-order valence-electron chi connectivity index (χ1n) is 8.97. The summed E-state index contributed by atoms with van der Waals surface area (Å²) in [4.78, 5) is 4.81. The molecule has 1 aromatic heterocycles. The van der Waals surface area contributed by atoms with E-state index >= 15 is 0 Å². The lowest BCUT2D eigenvalue weighted by Gasteiger charge is -2.34. The molecule has 2 heterocycles. The fourth-order valence-electron chi connectivity index (χ4n) is 3.38. The lowest BCUT2D eigenvalue weighted by Crippen LogP contribution is -2.44. The van der Waals surface area contributed by atoms with Gasteiger partial charge < -0.3 is 14.5 Å². The fourth-order valence-corrected chi connectivity index (χ4v) is 3.38. The number of benzene rings is 2. The third kappa shape index (κ3) is 3.30. The van der Waals surface area contributed by atoms with E-state index in [-0.39, 0.29) is 0 Å². The number of rotatable bonds is 4. The van der Waals surface area contributed by atoms with Crippen LogP contribution in [0.1, 0.15) is 0 Å². The number of likely N-dealkylation sites (N-methyl/N-ethyl adjacent to an activating group) is 1. The van der Waals surface area contributed by atoms with E-state index in [0.29, 0.717) is 0 Å². The summed E-state index contributed by atoms with van der Waals surface area (Å²) >= 11 is 0. The van der Waals surface area contributed by atoms with E-state index in [4.69, 9.17) is 4.74 Å². The Labute approximate surface area is 154 Å². The largest absolute Gasteiger partial charge is 0.497 e. The van der Waals surface area contributed by atoms with Gasteiger partial charge in [0.25, 0.3) is 0 Å². The molecule has 0 bridgehead atoms. The van der Waals surface area contributed by atoms with Gasteiger partial charge in [-0.25, -0.2) is 4.68 Å². The van der Waals surface area contributed by atoms with E-state index in [2.05, 4.69) is 52.3 Å². The topological polar surface area (TPSA) is 33.5 Å². The van der Waals surface area contributed by atoms with Gasteiger partial charge in [0.05, 0.1) is 24.7 Å². The zero-order chi connectivity index (χ0) is 17.9. The second-order valence-electron chi connectivity index (χ2n) is 6.67. The summed E-state index contributed by atoms with van der Waals surface area (Å²) in [5, 5.41) is 4.53. The van der Waals surface area contributed by atoms with Crippen molar-refractivity contribution in [3.63, 3.8) is 0 Å². The SMILES string of the molecule is COc1cccc(-c2ccnn2-c2ccc(N3CCN(C)CC3)cc2)c1. The number of anilines is 1. The molecule has 0 atom stereocenters. The van der Waals surface area contributed by atoms with Crippen LogP contribution in [0.2, 0.25) is 0 Å². The number of hydrogen-bond donors (Lipinski definition) is 0. The van der Waals surface area contributed by atoms with Gasteiger partial charge in [0, 0.05) is 37.4 Å². The lowest BCUT2D eigenvalue weighted by molar-refractivity contribution is 0.313. The second kappa shape index (κ2) is 7.22. The van der Waals surface area contributed by atoms with Gasteiger partial charge >= 0.3 is 0 Å². The van der Waals surface area contributed by atoms with E-state index in [1.807, 2.05) is 35.1 Å². The number of methoxy groups -OCH3 is 1. The van der Waals surface area contributed by atoms with Crippen LogP contribution in [-0.4, -0.2) is 55.0 Å². The molecule has 0 N–H and O–H groups in total. The number of aromatic nitrogens is 2. The quantitative estimate of drug-likeness (QED) is 0.724. The summed E-state index contributed by atoms with van der Waals surface area (Å²) in [5.41, 5.74) is 4.48. The maximum atomic E-state index is 5.35. The lowest BCUT2D eigenvalue weighted by atomic mass is 10.1. The average Bonchev–Trinajstić information content (AvgIpc) is 3.19. The minimum Gasteiger partial charge on any atom is -0.497 e. The van der Waals surface area contributed by atoms with Crippen molar-refractivity contribution in [3.05, 3.63) is 60.8 Å². The Kier molecular flexibility index (Phi) is 4.63. The molecular formula is C21H24N4O. The molecule has 0 spiro atoms. The summed E-state index contributed by atoms with van der Waals surface area (Å²) in [6.07, 6.45) is 1.84. The molecule has 0 aliphatic carbocycles. The van der Waals surface area contributed by atoms with Gasteiger partial charge in [-0.3, -0.25) is 0 Å². The predicted octanol–water partition coefficient (Wildman–Crippen LogP) is 3.30. The van der Waals surface area contributed by atoms with Crippen LogP contribution >= 0.6 is 0 Å². The number of piperazine rings is 1. The summed E-state index contributed by atoms with van der Waals surface area (Å²) < 4.78 is 7.33. The van der Waals surface area contributed by atoms with Crippen LogP contribution < -0.4 is 9.64 Å². The molecule has 0 unspecified atom stereocenters. The van der Waals surface area contributed by atoms with Crippen LogP contribution in [0.25, 0.3) is 16.9 Å². The molecule has 1 aliphatic heterocycles. The zero-order valence-electron chi connectivity index (χ0n) is 15.3. The molecule has 2 aromatic carbocycles. The summed E-state index contributed by atoms with van der Waals surface area (Å²) in [6.45, 7) is 4.38. The van der Waals surface area contributed by atoms with Crippen molar-refractivity contribution in [3.8, 4) is 22.7 Å². The van der Waals surface area contributed by atoms with E-state index < -0.39 is 0 Å². The molecule has 0 radical (unpaired) electrons. The van der Waals surface area contributed by atoms with E-state index in [9.17, 15) is 0 Å². The van der Waals surface area contributed by atoms with Crippen molar-refractivity contribution in [1.29, 1.82) is 0 Å². The monoisotopic (exact) mass is 348 g/mol. The number of hydrogen-bond acceptors (Lipinski definition) is 4. The van der Waals surface area contributed by atoms with Crippen LogP contribution in [0.4, 0.5) is 5.69 Å². The maximum absolute atomic E-state index is 5.35. The highest BCUT2D eigenvalue weighted by molar-refractivity contribution is 5.64. The van der Waals surface area contributed by atoms with Gasteiger partial charge in [0.2, 0.25) is 0 Å². The van der Waals surface area contributed by atoms with Crippen LogP contribution in [0.15, 0.2) is 60.8 Å². The number of nitrogens with zero attached hydrogens (tertiary/aromatic N) is 4. The van der Waals surface area contributed by atoms with Gasteiger partial charge in [-0.2, -0.15) is 5.10 Å². The van der Waals surface area contributed by atoms with Gasteiger partial charge in [-0.05, 0) is 49.5 Å². The Balaban J connectivity index is 1.60. The first-order valence-corrected chi connectivity index (χ1v) is 8.97. The molecule has 4 rings (SSSR count). The minimum absolute atomic E-state index is 0.848. The van der Waals surface area contributed by atoms with Crippen molar-refractivity contribution in [2.75, 3.05) is 45.2 Å². The minimum atomic E-state index is 0.848. The van der Waals surface area contributed by atoms with Crippen molar-refractivity contribution < 1.29 is 4.74 Å². The van der Waals surface area contributed by atoms with Crippen molar-refractivity contribution in [2.24, 2.45) is 0 Å². The van der Waals surface area contributed by atoms with Gasteiger partial charge in [0.15, 0.2) is 0 Å². The van der Waals surface area contributed by atoms with Crippen LogP contribution in [0, 0.1) is 0 Å². The summed E-state index contributed by atoms with van der Waals surface area (Å²) in [7, 11) is 3.87. The summed E-state index contributed by atoms with van der Waals surface area (Å²) in [5.74, 6) is 0.848. The Morgan fingerprint density at radius 3 is 2.35 bits per heavy atom. The standard InChI is InChI=1S/C21H24N4O/c1-23-12-14-24(15-13-23)18-6-8-19(9-7-18)25-21(10-11-22-25)17-4-3-5-20(16-17)26-2/h3-11,16H,12-15H2,1-2H3. The zero-order valence-corrected chi connectivity index (χ0v) is 15.3. The highest BCUT2D eigenvalue weighted by Crippen LogP contribution is 2.27. The molecule has 1 saturated heterocycles. The molecule has 5 nitrogen and oxygen atoms in total. The van der Waals surface area contributed by atoms with Crippen LogP contribution in [0.3, 0.4) is 0 Å². The van der Waals surface area contributed by atoms with Gasteiger partial charge in [-0.15, -0.1) is 0 Å². The van der Waals surface area contributed by atoms with Gasteiger partial charge in [0.1, 0.15) is 5.75 Å². The Morgan fingerprint density at radius 2 is 1.62 bits per heavy atom. The number of ether oxygens (including phenoxy) is 1. The highest BCUT2D eigenvalue weighted by atomic mass is 16.5. The molecule has 26 heavy (non-hydrogen) atoms. The van der Waals surface area contributed by atoms with Crippen molar-refractivity contribution in [2.45, 2.75) is 0 Å². The molecular weight excluding hydrogens is 324 g/mol. The van der Waals surface area contributed by atoms with Gasteiger partial charge in [-0.1, -0.05) is 12.1 Å². The molecule has 0 amide bonds. The molecule has 5 heteroatoms. The average molecular weight is 348 g/mol. The van der Waals surface area contributed by atoms with Crippen LogP contribution in [-0.2, 0) is 0 Å². The molecule has 0 saturated carbocycles. The molecule has 1 fully saturated rings. The van der Waals surface area contributed by atoms with E-state index in [0.717, 1.165) is 48.9 Å². The van der Waals surface area contributed by atoms with E-state index in [1.54, 1.807) is 7.11 Å². The molecule has 134 valence electrons. The first-order chi connectivity index (χ1) is 12.7. The maximum Gasteiger partial charge on any atom is 0.119 e. The van der Waals surface area contributed by atoms with Crippen molar-refractivity contribution in [1.82, 2.24) is 14.7 Å². The van der Waals surface area contributed by atoms with E-state index in [1.165, 1.54) is 5.69 Å². The van der Waals surface area contributed by atoms with Crippen molar-refractivity contribution >= 4 is 5.69 Å². The third-order valence-corrected chi connectivity index (χ3v) is 4.97. The smallest absolute Gasteiger partial charge is 0.119 e. The Morgan fingerprint density at radius 1 is 0.885 bits per heavy atom. The summed E-state index contributed by atoms with van der Waals surface area (Å²) in [6, 6.07) is 18.8. The molecule has 1 aliphatic rings. The second-order valence-corrected chi connectivity index (χ2v) is 6.67.